The monoisotopic (exact) mass is 252 g/mol. The molecule has 0 bridgehead atoms. The Morgan fingerprint density at radius 3 is 2.65 bits per heavy atom. The molecule has 1 rings (SSSR count). The summed E-state index contributed by atoms with van der Waals surface area (Å²) in [5.74, 6) is 3.05. The lowest BCUT2D eigenvalue weighted by Gasteiger charge is -2.20. The minimum Gasteiger partial charge on any atom is -0.465 e. The van der Waals surface area contributed by atoms with Crippen LogP contribution in [-0.2, 0) is 14.3 Å². The fourth-order valence-corrected chi connectivity index (χ4v) is 1.88. The molecule has 0 amide bonds. The second-order valence-corrected chi connectivity index (χ2v) is 9.97. The van der Waals surface area contributed by atoms with Gasteiger partial charge in [-0.3, -0.25) is 4.79 Å². The van der Waals surface area contributed by atoms with Crippen molar-refractivity contribution in [3.8, 4) is 11.5 Å². The van der Waals surface area contributed by atoms with E-state index in [9.17, 15) is 4.79 Å². The third-order valence-corrected chi connectivity index (χ3v) is 3.03. The maximum Gasteiger partial charge on any atom is 0.302 e. The van der Waals surface area contributed by atoms with Gasteiger partial charge in [0.25, 0.3) is 0 Å². The zero-order chi connectivity index (χ0) is 12.9. The fourth-order valence-electron chi connectivity index (χ4n) is 1.30. The minimum absolute atomic E-state index is 0.102. The Morgan fingerprint density at radius 2 is 2.18 bits per heavy atom. The highest BCUT2D eigenvalue weighted by atomic mass is 28.3. The van der Waals surface area contributed by atoms with E-state index in [1.54, 1.807) is 0 Å². The maximum atomic E-state index is 10.7. The highest BCUT2D eigenvalue weighted by molar-refractivity contribution is 6.83. The van der Waals surface area contributed by atoms with Gasteiger partial charge in [-0.2, -0.15) is 0 Å². The minimum atomic E-state index is -1.33. The lowest BCUT2D eigenvalue weighted by atomic mass is 10.1. The molecule has 1 heterocycles. The first kappa shape index (κ1) is 14.0. The first-order chi connectivity index (χ1) is 7.87. The summed E-state index contributed by atoms with van der Waals surface area (Å²) in [4.78, 5) is 10.7. The molecule has 0 saturated heterocycles. The van der Waals surface area contributed by atoms with Crippen molar-refractivity contribution in [2.75, 3.05) is 13.2 Å². The summed E-state index contributed by atoms with van der Waals surface area (Å²) in [6.07, 6.45) is 3.87. The first-order valence-corrected chi connectivity index (χ1v) is 9.33. The smallest absolute Gasteiger partial charge is 0.302 e. The van der Waals surface area contributed by atoms with Crippen molar-refractivity contribution in [3.05, 3.63) is 12.2 Å². The Kier molecular flexibility index (Phi) is 4.97. The number of hydrogen-bond donors (Lipinski definition) is 0. The van der Waals surface area contributed by atoms with Crippen molar-refractivity contribution in [2.45, 2.75) is 32.7 Å². The van der Waals surface area contributed by atoms with Crippen LogP contribution in [0.2, 0.25) is 19.6 Å². The Morgan fingerprint density at radius 1 is 1.47 bits per heavy atom. The molecule has 1 aliphatic heterocycles. The third-order valence-electron chi connectivity index (χ3n) is 2.14. The van der Waals surface area contributed by atoms with Crippen LogP contribution in [0, 0.1) is 17.4 Å². The first-order valence-electron chi connectivity index (χ1n) is 5.83. The van der Waals surface area contributed by atoms with Gasteiger partial charge in [0.1, 0.15) is 14.2 Å². The number of rotatable bonds is 2. The molecule has 2 atom stereocenters. The summed E-state index contributed by atoms with van der Waals surface area (Å²) < 4.78 is 10.5. The topological polar surface area (TPSA) is 35.5 Å². The van der Waals surface area contributed by atoms with Crippen molar-refractivity contribution in [1.82, 2.24) is 0 Å². The third kappa shape index (κ3) is 6.30. The lowest BCUT2D eigenvalue weighted by molar-refractivity contribution is -0.142. The van der Waals surface area contributed by atoms with Crippen LogP contribution in [0.15, 0.2) is 12.2 Å². The summed E-state index contributed by atoms with van der Waals surface area (Å²) in [5, 5.41) is 0. The van der Waals surface area contributed by atoms with Crippen LogP contribution >= 0.6 is 0 Å². The summed E-state index contributed by atoms with van der Waals surface area (Å²) in [6.45, 7) is 8.98. The SMILES string of the molecule is CC(=O)OC[C@H]1C=C[C@H](C#C[Si](C)(C)C)OC1. The Labute approximate surface area is 104 Å². The van der Waals surface area contributed by atoms with Gasteiger partial charge in [0.2, 0.25) is 0 Å². The van der Waals surface area contributed by atoms with Crippen LogP contribution in [-0.4, -0.2) is 33.4 Å². The molecule has 0 spiro atoms. The quantitative estimate of drug-likeness (QED) is 0.326. The predicted molar refractivity (Wildman–Crippen MR) is 70.1 cm³/mol. The van der Waals surface area contributed by atoms with E-state index >= 15 is 0 Å². The predicted octanol–water partition coefficient (Wildman–Crippen LogP) is 2.00. The molecule has 3 nitrogen and oxygen atoms in total. The summed E-state index contributed by atoms with van der Waals surface area (Å²) in [7, 11) is -1.33. The van der Waals surface area contributed by atoms with E-state index in [-0.39, 0.29) is 18.0 Å². The van der Waals surface area contributed by atoms with Crippen molar-refractivity contribution in [1.29, 1.82) is 0 Å². The molecule has 1 aliphatic rings. The van der Waals surface area contributed by atoms with Crippen molar-refractivity contribution in [3.63, 3.8) is 0 Å². The molecule has 94 valence electrons. The van der Waals surface area contributed by atoms with Crippen LogP contribution < -0.4 is 0 Å². The average molecular weight is 252 g/mol. The largest absolute Gasteiger partial charge is 0.465 e. The van der Waals surface area contributed by atoms with E-state index in [1.165, 1.54) is 6.92 Å². The molecule has 0 aromatic rings. The van der Waals surface area contributed by atoms with Gasteiger partial charge in [0.05, 0.1) is 13.2 Å². The van der Waals surface area contributed by atoms with Gasteiger partial charge >= 0.3 is 5.97 Å². The van der Waals surface area contributed by atoms with E-state index < -0.39 is 8.07 Å². The van der Waals surface area contributed by atoms with Crippen LogP contribution in [0.25, 0.3) is 0 Å². The van der Waals surface area contributed by atoms with E-state index in [1.807, 2.05) is 12.2 Å². The van der Waals surface area contributed by atoms with Crippen LogP contribution in [0.1, 0.15) is 6.92 Å². The van der Waals surface area contributed by atoms with Gasteiger partial charge in [0.15, 0.2) is 0 Å². The number of carbonyl (C=O) groups excluding carboxylic acids is 1. The molecule has 0 unspecified atom stereocenters. The van der Waals surface area contributed by atoms with Crippen molar-refractivity contribution < 1.29 is 14.3 Å². The number of esters is 1. The van der Waals surface area contributed by atoms with E-state index in [0.717, 1.165) is 0 Å². The van der Waals surface area contributed by atoms with Gasteiger partial charge in [-0.05, 0) is 6.08 Å². The number of carbonyl (C=O) groups is 1. The van der Waals surface area contributed by atoms with Gasteiger partial charge in [-0.25, -0.2) is 0 Å². The highest BCUT2D eigenvalue weighted by Gasteiger charge is 2.16. The maximum absolute atomic E-state index is 10.7. The standard InChI is InChI=1S/C13H20O3Si/c1-11(14)15-9-12-5-6-13(16-10-12)7-8-17(2,3)4/h5-6,12-13H,9-10H2,1-4H3/t12-,13-/m1/s1. The van der Waals surface area contributed by atoms with E-state index in [4.69, 9.17) is 9.47 Å². The van der Waals surface area contributed by atoms with Crippen molar-refractivity contribution in [2.24, 2.45) is 5.92 Å². The molecule has 0 aromatic heterocycles. The zero-order valence-electron chi connectivity index (χ0n) is 10.9. The molecule has 0 aromatic carbocycles. The Bertz CT molecular complexity index is 357. The average Bonchev–Trinajstić information content (AvgIpc) is 2.24. The normalized spacial score (nSPS) is 23.8. The van der Waals surface area contributed by atoms with Crippen LogP contribution in [0.3, 0.4) is 0 Å². The van der Waals surface area contributed by atoms with E-state index in [2.05, 4.69) is 31.1 Å². The molecule has 0 N–H and O–H groups in total. The molecular formula is C13H20O3Si. The summed E-state index contributed by atoms with van der Waals surface area (Å²) >= 11 is 0. The fraction of sp³-hybridized carbons (Fsp3) is 0.615. The molecule has 0 radical (unpaired) electrons. The van der Waals surface area contributed by atoms with Gasteiger partial charge in [-0.15, -0.1) is 5.54 Å². The molecule has 0 aliphatic carbocycles. The van der Waals surface area contributed by atoms with Crippen molar-refractivity contribution >= 4 is 14.0 Å². The molecule has 0 saturated carbocycles. The number of ether oxygens (including phenoxy) is 2. The van der Waals surface area contributed by atoms with Crippen LogP contribution in [0.4, 0.5) is 0 Å². The molecule has 17 heavy (non-hydrogen) atoms. The second-order valence-electron chi connectivity index (χ2n) is 5.22. The second kappa shape index (κ2) is 6.04. The van der Waals surface area contributed by atoms with E-state index in [0.29, 0.717) is 13.2 Å². The zero-order valence-corrected chi connectivity index (χ0v) is 11.9. The Hall–Kier alpha value is -1.05. The van der Waals surface area contributed by atoms with Gasteiger partial charge in [0, 0.05) is 12.8 Å². The molecule has 0 fully saturated rings. The highest BCUT2D eigenvalue weighted by Crippen LogP contribution is 2.11. The summed E-state index contributed by atoms with van der Waals surface area (Å²) in [5.41, 5.74) is 3.28. The number of hydrogen-bond acceptors (Lipinski definition) is 3. The lowest BCUT2D eigenvalue weighted by Crippen LogP contribution is -2.25. The van der Waals surface area contributed by atoms with Crippen LogP contribution in [0.5, 0.6) is 0 Å². The molecular weight excluding hydrogens is 232 g/mol. The Balaban J connectivity index is 2.43. The molecule has 4 heteroatoms. The summed E-state index contributed by atoms with van der Waals surface area (Å²) in [6, 6.07) is 0. The van der Waals surface area contributed by atoms with Gasteiger partial charge in [-0.1, -0.05) is 31.6 Å². The van der Waals surface area contributed by atoms with Gasteiger partial charge < -0.3 is 9.47 Å².